The summed E-state index contributed by atoms with van der Waals surface area (Å²) in [7, 11) is 0. The molecule has 4 heterocycles. The number of hydrogen-bond acceptors (Lipinski definition) is 5. The van der Waals surface area contributed by atoms with Crippen molar-refractivity contribution in [1.82, 2.24) is 24.1 Å². The first-order valence-electron chi connectivity index (χ1n) is 26.2. The topological polar surface area (TPSA) is 85.5 Å². The van der Waals surface area contributed by atoms with Crippen LogP contribution in [-0.2, 0) is 21.7 Å². The zero-order chi connectivity index (χ0) is 52.5. The summed E-state index contributed by atoms with van der Waals surface area (Å²) in [5, 5.41) is 17.7. The molecule has 12 rings (SSSR count). The van der Waals surface area contributed by atoms with Crippen LogP contribution in [0.25, 0.3) is 111 Å². The second-order valence-electron chi connectivity index (χ2n) is 24.5. The molecular weight excluding hydrogens is 917 g/mol. The highest BCUT2D eigenvalue weighted by Crippen LogP contribution is 2.48. The molecule has 0 aliphatic heterocycles. The normalized spacial score (nSPS) is 12.8. The van der Waals surface area contributed by atoms with Crippen molar-refractivity contribution in [3.63, 3.8) is 0 Å². The highest BCUT2D eigenvalue weighted by atomic mass is 16.3. The second-order valence-corrected chi connectivity index (χ2v) is 24.5. The molecule has 0 saturated heterocycles. The standard InChI is InChI=1S/C68H62N6O/c1-65(2,3)43-26-30-53-49(35-43)50-36-44(66(4,5)6)27-31-54(50)73(53)57-34-42(39-69)58-47-24-19-25-48(64-71-62(40-20-15-13-16-21-40)70-63(72-64)41-22-17-14-18-23-41)60(47)75-61(58)59(57)74-55-32-28-45(67(7,8)9)37-51(55)52-38-46(68(10,11)12)29-33-56(52)74/h13-38H,1-12H3. The molecule has 12 aromatic rings. The molecule has 0 N–H and O–H groups in total. The first-order chi connectivity index (χ1) is 35.7. The van der Waals surface area contributed by atoms with Crippen molar-refractivity contribution in [2.24, 2.45) is 0 Å². The summed E-state index contributed by atoms with van der Waals surface area (Å²) < 4.78 is 12.4. The molecule has 7 heteroatoms. The molecule has 0 unspecified atom stereocenters. The van der Waals surface area contributed by atoms with E-state index in [1.54, 1.807) is 0 Å². The van der Waals surface area contributed by atoms with Crippen LogP contribution in [0.4, 0.5) is 0 Å². The van der Waals surface area contributed by atoms with Crippen molar-refractivity contribution in [2.75, 3.05) is 0 Å². The number of fused-ring (bicyclic) bond motifs is 9. The minimum absolute atomic E-state index is 0.0860. The fourth-order valence-corrected chi connectivity index (χ4v) is 10.9. The number of rotatable bonds is 5. The SMILES string of the molecule is CC(C)(C)c1ccc2c(c1)c1cc(C(C)(C)C)ccc1n2-c1cc(C#N)c2c(oc3c(-c4nc(-c5ccccc5)nc(-c5ccccc5)n4)cccc32)c1-n1c2ccc(C(C)(C)C)cc2c2cc(C(C)(C)C)ccc21. The molecule has 0 aliphatic rings. The van der Waals surface area contributed by atoms with Crippen LogP contribution in [0.15, 0.2) is 162 Å². The fourth-order valence-electron chi connectivity index (χ4n) is 10.9. The summed E-state index contributed by atoms with van der Waals surface area (Å²) in [5.41, 5.74) is 14.6. The maximum atomic E-state index is 11.6. The second kappa shape index (κ2) is 16.8. The predicted molar refractivity (Wildman–Crippen MR) is 312 cm³/mol. The number of aromatic nitrogens is 5. The van der Waals surface area contributed by atoms with Crippen LogP contribution in [0.1, 0.15) is 111 Å². The molecule has 0 fully saturated rings. The number of nitriles is 1. The van der Waals surface area contributed by atoms with Gasteiger partial charge in [-0.2, -0.15) is 5.26 Å². The van der Waals surface area contributed by atoms with Crippen LogP contribution in [0.5, 0.6) is 0 Å². The van der Waals surface area contributed by atoms with Gasteiger partial charge < -0.3 is 13.6 Å². The molecule has 0 saturated carbocycles. The molecule has 0 spiro atoms. The van der Waals surface area contributed by atoms with Crippen molar-refractivity contribution in [3.8, 4) is 51.6 Å². The van der Waals surface area contributed by atoms with Crippen molar-refractivity contribution >= 4 is 65.6 Å². The number of nitrogens with zero attached hydrogens (tertiary/aromatic N) is 6. The Bertz CT molecular complexity index is 4120. The van der Waals surface area contributed by atoms with E-state index in [4.69, 9.17) is 19.4 Å². The van der Waals surface area contributed by atoms with Gasteiger partial charge in [0, 0.05) is 43.4 Å². The van der Waals surface area contributed by atoms with E-state index in [1.165, 1.54) is 22.3 Å². The van der Waals surface area contributed by atoms with Crippen LogP contribution in [0.3, 0.4) is 0 Å². The Labute approximate surface area is 439 Å². The largest absolute Gasteiger partial charge is 0.453 e. The minimum atomic E-state index is -0.0944. The van der Waals surface area contributed by atoms with Crippen LogP contribution in [0.2, 0.25) is 0 Å². The van der Waals surface area contributed by atoms with Crippen molar-refractivity contribution in [3.05, 3.63) is 186 Å². The number of benzene rings is 8. The number of furan rings is 1. The third kappa shape index (κ3) is 7.89. The van der Waals surface area contributed by atoms with Crippen LogP contribution in [0, 0.1) is 11.3 Å². The van der Waals surface area contributed by atoms with E-state index in [0.717, 1.165) is 76.9 Å². The molecule has 370 valence electrons. The van der Waals surface area contributed by atoms with Crippen molar-refractivity contribution in [1.29, 1.82) is 5.26 Å². The first kappa shape index (κ1) is 47.7. The molecule has 4 aromatic heterocycles. The van der Waals surface area contributed by atoms with Gasteiger partial charge in [-0.3, -0.25) is 0 Å². The maximum absolute atomic E-state index is 11.6. The van der Waals surface area contributed by atoms with Gasteiger partial charge in [-0.1, -0.05) is 180 Å². The Morgan fingerprint density at radius 2 is 0.800 bits per heavy atom. The van der Waals surface area contributed by atoms with Gasteiger partial charge in [-0.05, 0) is 105 Å². The average Bonchev–Trinajstić information content (AvgIpc) is 4.05. The highest BCUT2D eigenvalue weighted by molar-refractivity contribution is 6.18. The van der Waals surface area contributed by atoms with Gasteiger partial charge in [0.1, 0.15) is 11.3 Å². The zero-order valence-electron chi connectivity index (χ0n) is 45.1. The van der Waals surface area contributed by atoms with E-state index in [2.05, 4.69) is 183 Å². The highest BCUT2D eigenvalue weighted by Gasteiger charge is 2.30. The minimum Gasteiger partial charge on any atom is -0.453 e. The Balaban J connectivity index is 1.27. The lowest BCUT2D eigenvalue weighted by Crippen LogP contribution is -2.11. The maximum Gasteiger partial charge on any atom is 0.167 e. The monoisotopic (exact) mass is 978 g/mol. The lowest BCUT2D eigenvalue weighted by atomic mass is 9.85. The molecule has 0 atom stereocenters. The van der Waals surface area contributed by atoms with Crippen molar-refractivity contribution < 1.29 is 4.42 Å². The van der Waals surface area contributed by atoms with E-state index < -0.39 is 0 Å². The first-order valence-corrected chi connectivity index (χ1v) is 26.2. The van der Waals surface area contributed by atoms with Gasteiger partial charge in [-0.25, -0.2) is 15.0 Å². The summed E-state index contributed by atoms with van der Waals surface area (Å²) in [6.45, 7) is 27.3. The van der Waals surface area contributed by atoms with Gasteiger partial charge in [0.15, 0.2) is 23.1 Å². The number of hydrogen-bond donors (Lipinski definition) is 0. The van der Waals surface area contributed by atoms with Gasteiger partial charge in [0.05, 0.1) is 45.0 Å². The quantitative estimate of drug-likeness (QED) is 0.171. The third-order valence-corrected chi connectivity index (χ3v) is 15.2. The van der Waals surface area contributed by atoms with Crippen LogP contribution < -0.4 is 0 Å². The van der Waals surface area contributed by atoms with E-state index in [1.807, 2.05) is 72.8 Å². The van der Waals surface area contributed by atoms with E-state index in [-0.39, 0.29) is 21.7 Å². The molecule has 0 radical (unpaired) electrons. The molecule has 0 aliphatic carbocycles. The lowest BCUT2D eigenvalue weighted by Gasteiger charge is -2.21. The van der Waals surface area contributed by atoms with E-state index >= 15 is 0 Å². The fraction of sp³-hybridized carbons (Fsp3) is 0.235. The van der Waals surface area contributed by atoms with E-state index in [9.17, 15) is 5.26 Å². The Kier molecular flexibility index (Phi) is 10.7. The molecule has 0 bridgehead atoms. The summed E-state index contributed by atoms with van der Waals surface area (Å²) in [4.78, 5) is 15.4. The summed E-state index contributed by atoms with van der Waals surface area (Å²) in [6, 6.07) is 58.7. The molecule has 8 aromatic carbocycles. The van der Waals surface area contributed by atoms with E-state index in [0.29, 0.717) is 39.8 Å². The Hall–Kier alpha value is -8.34. The number of para-hydroxylation sites is 1. The van der Waals surface area contributed by atoms with Crippen molar-refractivity contribution in [2.45, 2.75) is 105 Å². The predicted octanol–water partition coefficient (Wildman–Crippen LogP) is 18.0. The summed E-state index contributed by atoms with van der Waals surface area (Å²) in [6.07, 6.45) is 0. The van der Waals surface area contributed by atoms with Crippen LogP contribution in [-0.4, -0.2) is 24.1 Å². The molecule has 75 heavy (non-hydrogen) atoms. The van der Waals surface area contributed by atoms with Gasteiger partial charge >= 0.3 is 0 Å². The molecule has 0 amide bonds. The van der Waals surface area contributed by atoms with Gasteiger partial charge in [-0.15, -0.1) is 0 Å². The van der Waals surface area contributed by atoms with Gasteiger partial charge in [0.2, 0.25) is 0 Å². The molecule has 7 nitrogen and oxygen atoms in total. The third-order valence-electron chi connectivity index (χ3n) is 15.2. The molecular formula is C68H62N6O. The smallest absolute Gasteiger partial charge is 0.167 e. The average molecular weight is 979 g/mol. The Morgan fingerprint density at radius 3 is 1.20 bits per heavy atom. The van der Waals surface area contributed by atoms with Crippen LogP contribution >= 0.6 is 0 Å². The lowest BCUT2D eigenvalue weighted by molar-refractivity contribution is 0.590. The zero-order valence-corrected chi connectivity index (χ0v) is 45.1. The summed E-state index contributed by atoms with van der Waals surface area (Å²) >= 11 is 0. The van der Waals surface area contributed by atoms with Gasteiger partial charge in [0.25, 0.3) is 0 Å². The Morgan fingerprint density at radius 1 is 0.400 bits per heavy atom. The summed E-state index contributed by atoms with van der Waals surface area (Å²) in [5.74, 6) is 1.58.